The maximum absolute atomic E-state index is 14.5. The van der Waals surface area contributed by atoms with Gasteiger partial charge in [-0.3, -0.25) is 19.2 Å². The third kappa shape index (κ3) is 15.4. The van der Waals surface area contributed by atoms with Gasteiger partial charge in [-0.05, 0) is 77.8 Å². The number of halogens is 1. The van der Waals surface area contributed by atoms with Crippen LogP contribution >= 0.6 is 11.6 Å². The number of benzene rings is 5. The smallest absolute Gasteiger partial charge is 0.326 e. The van der Waals surface area contributed by atoms with Crippen molar-refractivity contribution in [3.63, 3.8) is 0 Å². The molecule has 0 spiro atoms. The van der Waals surface area contributed by atoms with Crippen molar-refractivity contribution in [2.75, 3.05) is 6.54 Å². The van der Waals surface area contributed by atoms with Gasteiger partial charge >= 0.3 is 5.97 Å². The summed E-state index contributed by atoms with van der Waals surface area (Å²) in [6.07, 6.45) is 10.1. The van der Waals surface area contributed by atoms with E-state index in [4.69, 9.17) is 22.3 Å². The van der Waals surface area contributed by atoms with Gasteiger partial charge in [0.2, 0.25) is 23.6 Å². The lowest BCUT2D eigenvalue weighted by molar-refractivity contribution is -0.142. The van der Waals surface area contributed by atoms with Crippen molar-refractivity contribution in [1.29, 1.82) is 0 Å². The zero-order valence-corrected chi connectivity index (χ0v) is 41.5. The molecule has 0 aliphatic heterocycles. The number of carbonyl (C=O) groups excluding carboxylic acids is 4. The van der Waals surface area contributed by atoms with Crippen LogP contribution in [0.3, 0.4) is 0 Å². The van der Waals surface area contributed by atoms with Gasteiger partial charge in [-0.15, -0.1) is 0 Å². The highest BCUT2D eigenvalue weighted by Crippen LogP contribution is 2.40. The quantitative estimate of drug-likeness (QED) is 0.0190. The molecule has 14 nitrogen and oxygen atoms in total. The van der Waals surface area contributed by atoms with E-state index in [9.17, 15) is 34.2 Å². The monoisotopic (exact) mass is 995 g/mol. The number of phenolic OH excluding ortho intramolecular Hbond substituents is 1. The maximum atomic E-state index is 14.5. The predicted octanol–water partition coefficient (Wildman–Crippen LogP) is 7.62. The summed E-state index contributed by atoms with van der Waals surface area (Å²) in [5.41, 5.74) is 10.5. The number of hydrogen-bond donors (Lipinski definition) is 7. The topological polar surface area (TPSA) is 218 Å². The van der Waals surface area contributed by atoms with E-state index in [0.29, 0.717) is 47.7 Å². The standard InChI is InChI=1S/C57H66ClN7O7/c1-2-3-4-5-15-25-52(67)60-34-17-16-24-49(54(69)63-50(35-40-26-30-45(58)31-27-40)55(70)64-51(56(71)72)36-41-28-32-47(66)33-29-41)62-53(68)48(59)37-46-38-65(39-61-46)57(42-18-9-6-10-19-42,43-20-11-7-12-21-43)44-22-13-8-14-23-44/h6-14,18-23,26-33,38-39,48-51,66H,2-5,15-17,24-25,34-37,59H2,1H3,(H,60,67)(H,62,68)(H,63,69)(H,64,70)(H,71,72)/t48?,49?,50?,51-/m1/s1. The molecule has 378 valence electrons. The summed E-state index contributed by atoms with van der Waals surface area (Å²) >= 11 is 6.17. The first-order chi connectivity index (χ1) is 34.9. The SMILES string of the molecule is CCCCCCCC(=O)NCCCCC(NC(=O)C(N)Cc1cn(C(c2ccccc2)(c2ccccc2)c2ccccc2)cn1)C(=O)NC(Cc1ccc(Cl)cc1)C(=O)N[C@H](Cc1ccc(O)cc1)C(=O)O. The van der Waals surface area contributed by atoms with Crippen LogP contribution in [0.25, 0.3) is 0 Å². The average Bonchev–Trinajstić information content (AvgIpc) is 3.85. The fourth-order valence-electron chi connectivity index (χ4n) is 8.86. The fourth-order valence-corrected chi connectivity index (χ4v) is 8.99. The maximum Gasteiger partial charge on any atom is 0.326 e. The normalized spacial score (nSPS) is 13.0. The Labute approximate surface area is 426 Å². The highest BCUT2D eigenvalue weighted by molar-refractivity contribution is 6.30. The van der Waals surface area contributed by atoms with Crippen LogP contribution in [0, 0.1) is 0 Å². The molecule has 72 heavy (non-hydrogen) atoms. The third-order valence-corrected chi connectivity index (χ3v) is 13.0. The van der Waals surface area contributed by atoms with Crippen molar-refractivity contribution in [2.45, 2.75) is 114 Å². The number of carbonyl (C=O) groups is 5. The number of aromatic hydroxyl groups is 1. The number of rotatable bonds is 28. The summed E-state index contributed by atoms with van der Waals surface area (Å²) in [5.74, 6) is -3.42. The van der Waals surface area contributed by atoms with Gasteiger partial charge in [-0.25, -0.2) is 9.78 Å². The largest absolute Gasteiger partial charge is 0.508 e. The van der Waals surface area contributed by atoms with Crippen molar-refractivity contribution < 1.29 is 34.2 Å². The lowest BCUT2D eigenvalue weighted by atomic mass is 9.77. The number of hydrogen-bond acceptors (Lipinski definition) is 8. The molecule has 0 radical (unpaired) electrons. The Balaban J connectivity index is 1.21. The van der Waals surface area contributed by atoms with Gasteiger partial charge in [-0.2, -0.15) is 0 Å². The molecule has 0 bridgehead atoms. The van der Waals surface area contributed by atoms with Crippen LogP contribution in [-0.2, 0) is 48.8 Å². The second-order valence-corrected chi connectivity index (χ2v) is 18.6. The van der Waals surface area contributed by atoms with Gasteiger partial charge in [0, 0.05) is 43.4 Å². The van der Waals surface area contributed by atoms with E-state index in [2.05, 4.69) is 64.6 Å². The minimum absolute atomic E-state index is 0.00394. The molecular formula is C57H66ClN7O7. The van der Waals surface area contributed by atoms with Gasteiger partial charge in [-0.1, -0.05) is 159 Å². The van der Waals surface area contributed by atoms with E-state index in [1.54, 1.807) is 42.7 Å². The van der Waals surface area contributed by atoms with Gasteiger partial charge in [0.15, 0.2) is 0 Å². The Hall–Kier alpha value is -7.29. The number of carboxylic acids is 1. The summed E-state index contributed by atoms with van der Waals surface area (Å²) in [4.78, 5) is 72.5. The van der Waals surface area contributed by atoms with Gasteiger partial charge in [0.25, 0.3) is 0 Å². The minimum Gasteiger partial charge on any atom is -0.508 e. The zero-order valence-electron chi connectivity index (χ0n) is 40.7. The van der Waals surface area contributed by atoms with E-state index >= 15 is 0 Å². The number of amides is 4. The molecule has 0 saturated carbocycles. The van der Waals surface area contributed by atoms with Gasteiger partial charge in [0.05, 0.1) is 18.1 Å². The summed E-state index contributed by atoms with van der Waals surface area (Å²) in [7, 11) is 0. The first kappa shape index (κ1) is 54.1. The Morgan fingerprint density at radius 3 is 1.71 bits per heavy atom. The Morgan fingerprint density at radius 1 is 0.625 bits per heavy atom. The molecule has 5 aromatic carbocycles. The van der Waals surface area contributed by atoms with Crippen LogP contribution in [0.5, 0.6) is 5.75 Å². The number of imidazole rings is 1. The minimum atomic E-state index is -1.38. The molecule has 0 aliphatic carbocycles. The Kier molecular flexibility index (Phi) is 20.5. The molecule has 6 rings (SSSR count). The number of aromatic nitrogens is 2. The van der Waals surface area contributed by atoms with Gasteiger partial charge < -0.3 is 41.8 Å². The number of carboxylic acid groups (broad SMARTS) is 1. The number of nitrogens with two attached hydrogens (primary N) is 1. The Morgan fingerprint density at radius 2 is 1.14 bits per heavy atom. The molecule has 4 amide bonds. The molecule has 0 aliphatic rings. The molecule has 3 unspecified atom stereocenters. The lowest BCUT2D eigenvalue weighted by Crippen LogP contribution is -2.58. The van der Waals surface area contributed by atoms with E-state index in [1.807, 2.05) is 65.4 Å². The van der Waals surface area contributed by atoms with Crippen molar-refractivity contribution in [3.05, 3.63) is 191 Å². The fraction of sp³-hybridized carbons (Fsp3) is 0.333. The number of nitrogens with one attached hydrogen (secondary N) is 4. The van der Waals surface area contributed by atoms with Crippen LogP contribution in [0.15, 0.2) is 152 Å². The lowest BCUT2D eigenvalue weighted by Gasteiger charge is -2.37. The predicted molar refractivity (Wildman–Crippen MR) is 279 cm³/mol. The summed E-state index contributed by atoms with van der Waals surface area (Å²) < 4.78 is 2.03. The van der Waals surface area contributed by atoms with Crippen LogP contribution < -0.4 is 27.0 Å². The van der Waals surface area contributed by atoms with Crippen molar-refractivity contribution in [1.82, 2.24) is 30.8 Å². The van der Waals surface area contributed by atoms with Crippen LogP contribution in [0.4, 0.5) is 0 Å². The molecule has 15 heteroatoms. The van der Waals surface area contributed by atoms with Crippen molar-refractivity contribution in [3.8, 4) is 5.75 Å². The summed E-state index contributed by atoms with van der Waals surface area (Å²) in [5, 5.41) is 31.6. The third-order valence-electron chi connectivity index (χ3n) is 12.7. The second kappa shape index (κ2) is 27.4. The number of unbranched alkanes of at least 4 members (excludes halogenated alkanes) is 5. The molecular weight excluding hydrogens is 930 g/mol. The van der Waals surface area contributed by atoms with Gasteiger partial charge in [0.1, 0.15) is 29.4 Å². The molecule has 0 fully saturated rings. The molecule has 1 aromatic heterocycles. The van der Waals surface area contributed by atoms with Crippen LogP contribution in [-0.4, -0.2) is 80.1 Å². The average molecular weight is 997 g/mol. The second-order valence-electron chi connectivity index (χ2n) is 18.1. The van der Waals surface area contributed by atoms with Crippen molar-refractivity contribution >= 4 is 41.2 Å². The molecule has 1 heterocycles. The van der Waals surface area contributed by atoms with Crippen LogP contribution in [0.1, 0.15) is 98.2 Å². The molecule has 4 atom stereocenters. The number of phenols is 1. The number of nitrogens with zero attached hydrogens (tertiary/aromatic N) is 2. The van der Waals surface area contributed by atoms with Crippen molar-refractivity contribution in [2.24, 2.45) is 5.73 Å². The zero-order chi connectivity index (χ0) is 51.3. The molecule has 6 aromatic rings. The highest BCUT2D eigenvalue weighted by atomic mass is 35.5. The first-order valence-corrected chi connectivity index (χ1v) is 25.1. The Bertz CT molecular complexity index is 2550. The van der Waals surface area contributed by atoms with E-state index < -0.39 is 53.4 Å². The summed E-state index contributed by atoms with van der Waals surface area (Å²) in [6, 6.07) is 37.9. The first-order valence-electron chi connectivity index (χ1n) is 24.8. The summed E-state index contributed by atoms with van der Waals surface area (Å²) in [6.45, 7) is 2.51. The highest BCUT2D eigenvalue weighted by Gasteiger charge is 2.39. The van der Waals surface area contributed by atoms with Crippen LogP contribution in [0.2, 0.25) is 5.02 Å². The number of aliphatic carboxylic acids is 1. The van der Waals surface area contributed by atoms with E-state index in [1.165, 1.54) is 12.1 Å². The van der Waals surface area contributed by atoms with E-state index in [-0.39, 0.29) is 37.3 Å². The molecule has 0 saturated heterocycles. The molecule has 8 N–H and O–H groups in total. The van der Waals surface area contributed by atoms with E-state index in [0.717, 1.165) is 48.8 Å².